The second kappa shape index (κ2) is 5.37. The molecule has 0 saturated carbocycles. The summed E-state index contributed by atoms with van der Waals surface area (Å²) in [6.07, 6.45) is 0. The number of pyridine rings is 1. The molecule has 1 aromatic carbocycles. The van der Waals surface area contributed by atoms with Crippen molar-refractivity contribution in [1.82, 2.24) is 4.98 Å². The number of methoxy groups -OCH3 is 1. The normalized spacial score (nSPS) is 10.3. The van der Waals surface area contributed by atoms with Crippen molar-refractivity contribution in [2.45, 2.75) is 6.61 Å². The molecule has 2 rings (SSSR count). The van der Waals surface area contributed by atoms with Gasteiger partial charge in [0.05, 0.1) is 12.3 Å². The van der Waals surface area contributed by atoms with E-state index in [4.69, 9.17) is 16.2 Å². The lowest BCUT2D eigenvalue weighted by Crippen LogP contribution is -2.01. The molecule has 94 valence electrons. The Morgan fingerprint density at radius 2 is 2.06 bits per heavy atom. The number of rotatable bonds is 4. The number of aromatic nitrogens is 1. The van der Waals surface area contributed by atoms with Crippen LogP contribution in [0.1, 0.15) is 5.56 Å². The Morgan fingerprint density at radius 1 is 1.22 bits per heavy atom. The topological polar surface area (TPSA) is 86.2 Å². The van der Waals surface area contributed by atoms with E-state index in [9.17, 15) is 0 Å². The van der Waals surface area contributed by atoms with Gasteiger partial charge in [0.1, 0.15) is 11.6 Å². The first-order valence-electron chi connectivity index (χ1n) is 5.56. The van der Waals surface area contributed by atoms with Gasteiger partial charge in [0.2, 0.25) is 0 Å². The Bertz CT molecular complexity index is 542. The summed E-state index contributed by atoms with van der Waals surface area (Å²) < 4.78 is 5.09. The predicted octanol–water partition coefficient (Wildman–Crippen LogP) is 2.14. The minimum atomic E-state index is 0.327. The summed E-state index contributed by atoms with van der Waals surface area (Å²) in [6.45, 7) is 0.576. The van der Waals surface area contributed by atoms with Crippen molar-refractivity contribution in [2.75, 3.05) is 23.9 Å². The van der Waals surface area contributed by atoms with Gasteiger partial charge in [0, 0.05) is 12.8 Å². The van der Waals surface area contributed by atoms with E-state index in [-0.39, 0.29) is 0 Å². The average Bonchev–Trinajstić information content (AvgIpc) is 2.35. The molecule has 0 radical (unpaired) electrons. The van der Waals surface area contributed by atoms with Crippen LogP contribution in [0, 0.1) is 0 Å². The fourth-order valence-corrected chi connectivity index (χ4v) is 1.61. The Kier molecular flexibility index (Phi) is 3.64. The highest BCUT2D eigenvalue weighted by atomic mass is 16.5. The maximum atomic E-state index is 5.66. The van der Waals surface area contributed by atoms with Crippen molar-refractivity contribution in [2.24, 2.45) is 0 Å². The number of nitrogens with zero attached hydrogens (tertiary/aromatic N) is 1. The molecule has 0 fully saturated rings. The van der Waals surface area contributed by atoms with Gasteiger partial charge in [-0.2, -0.15) is 0 Å². The van der Waals surface area contributed by atoms with E-state index in [1.807, 2.05) is 24.3 Å². The number of nitrogens with one attached hydrogen (secondary N) is 1. The van der Waals surface area contributed by atoms with Gasteiger partial charge in [-0.05, 0) is 29.8 Å². The van der Waals surface area contributed by atoms with E-state index in [0.29, 0.717) is 23.9 Å². The third-order valence-electron chi connectivity index (χ3n) is 2.47. The van der Waals surface area contributed by atoms with E-state index < -0.39 is 0 Å². The zero-order chi connectivity index (χ0) is 13.0. The molecule has 5 N–H and O–H groups in total. The summed E-state index contributed by atoms with van der Waals surface area (Å²) in [4.78, 5) is 4.15. The van der Waals surface area contributed by atoms with Gasteiger partial charge < -0.3 is 21.5 Å². The number of hydrogen-bond donors (Lipinski definition) is 3. The molecule has 0 bridgehead atoms. The van der Waals surface area contributed by atoms with Crippen LogP contribution in [0.3, 0.4) is 0 Å². The zero-order valence-electron chi connectivity index (χ0n) is 10.2. The van der Waals surface area contributed by atoms with Crippen molar-refractivity contribution in [3.63, 3.8) is 0 Å². The minimum Gasteiger partial charge on any atom is -0.396 e. The second-order valence-corrected chi connectivity index (χ2v) is 3.93. The Morgan fingerprint density at radius 3 is 2.78 bits per heavy atom. The standard InChI is InChI=1S/C13H16N4O/c1-18-8-9-3-2-4-10(7-9)16-12-6-5-11(14)13(15)17-12/h2-7H,8,14H2,1H3,(H3,15,16,17). The van der Waals surface area contributed by atoms with Crippen LogP contribution in [0.25, 0.3) is 0 Å². The van der Waals surface area contributed by atoms with Gasteiger partial charge in [-0.3, -0.25) is 0 Å². The molecule has 2 aromatic rings. The zero-order valence-corrected chi connectivity index (χ0v) is 10.2. The molecule has 18 heavy (non-hydrogen) atoms. The van der Waals surface area contributed by atoms with Crippen LogP contribution in [0.2, 0.25) is 0 Å². The van der Waals surface area contributed by atoms with Crippen molar-refractivity contribution < 1.29 is 4.74 Å². The number of nitrogen functional groups attached to an aromatic ring is 2. The van der Waals surface area contributed by atoms with Crippen LogP contribution < -0.4 is 16.8 Å². The number of anilines is 4. The predicted molar refractivity (Wildman–Crippen MR) is 73.5 cm³/mol. The molecule has 1 aromatic heterocycles. The summed E-state index contributed by atoms with van der Waals surface area (Å²) in [5, 5.41) is 3.17. The molecular formula is C13H16N4O. The van der Waals surface area contributed by atoms with Crippen molar-refractivity contribution in [3.05, 3.63) is 42.0 Å². The molecule has 0 spiro atoms. The summed E-state index contributed by atoms with van der Waals surface area (Å²) in [7, 11) is 1.67. The lowest BCUT2D eigenvalue weighted by Gasteiger charge is -2.08. The Hall–Kier alpha value is -2.27. The number of benzene rings is 1. The fourth-order valence-electron chi connectivity index (χ4n) is 1.61. The van der Waals surface area contributed by atoms with E-state index in [0.717, 1.165) is 11.3 Å². The van der Waals surface area contributed by atoms with E-state index >= 15 is 0 Å². The second-order valence-electron chi connectivity index (χ2n) is 3.93. The smallest absolute Gasteiger partial charge is 0.149 e. The van der Waals surface area contributed by atoms with E-state index in [2.05, 4.69) is 10.3 Å². The first-order valence-corrected chi connectivity index (χ1v) is 5.56. The van der Waals surface area contributed by atoms with Gasteiger partial charge in [0.25, 0.3) is 0 Å². The molecule has 5 nitrogen and oxygen atoms in total. The van der Waals surface area contributed by atoms with Gasteiger partial charge in [-0.15, -0.1) is 0 Å². The maximum Gasteiger partial charge on any atom is 0.149 e. The molecule has 5 heteroatoms. The van der Waals surface area contributed by atoms with E-state index in [1.54, 1.807) is 19.2 Å². The summed E-state index contributed by atoms with van der Waals surface area (Å²) >= 11 is 0. The number of ether oxygens (including phenoxy) is 1. The first-order chi connectivity index (χ1) is 8.69. The maximum absolute atomic E-state index is 5.66. The largest absolute Gasteiger partial charge is 0.396 e. The van der Waals surface area contributed by atoms with Gasteiger partial charge in [-0.1, -0.05) is 12.1 Å². The summed E-state index contributed by atoms with van der Waals surface area (Å²) in [5.74, 6) is 0.990. The molecular weight excluding hydrogens is 228 g/mol. The Labute approximate surface area is 106 Å². The van der Waals surface area contributed by atoms with Crippen LogP contribution in [0.15, 0.2) is 36.4 Å². The summed E-state index contributed by atoms with van der Waals surface area (Å²) in [5.41, 5.74) is 13.8. The van der Waals surface area contributed by atoms with Gasteiger partial charge in [0.15, 0.2) is 0 Å². The highest BCUT2D eigenvalue weighted by Gasteiger charge is 2.01. The molecule has 0 saturated heterocycles. The highest BCUT2D eigenvalue weighted by molar-refractivity contribution is 5.65. The quantitative estimate of drug-likeness (QED) is 0.767. The first kappa shape index (κ1) is 12.2. The van der Waals surface area contributed by atoms with Gasteiger partial charge >= 0.3 is 0 Å². The van der Waals surface area contributed by atoms with Crippen molar-refractivity contribution in [3.8, 4) is 0 Å². The van der Waals surface area contributed by atoms with Crippen LogP contribution in [-0.4, -0.2) is 12.1 Å². The molecule has 0 aliphatic carbocycles. The highest BCUT2D eigenvalue weighted by Crippen LogP contribution is 2.20. The summed E-state index contributed by atoms with van der Waals surface area (Å²) in [6, 6.07) is 11.4. The molecule has 0 aliphatic heterocycles. The number of hydrogen-bond acceptors (Lipinski definition) is 5. The lowest BCUT2D eigenvalue weighted by molar-refractivity contribution is 0.185. The molecule has 0 unspecified atom stereocenters. The third kappa shape index (κ3) is 2.89. The van der Waals surface area contributed by atoms with Crippen LogP contribution in [0.5, 0.6) is 0 Å². The van der Waals surface area contributed by atoms with Crippen molar-refractivity contribution in [1.29, 1.82) is 0 Å². The van der Waals surface area contributed by atoms with Crippen LogP contribution in [-0.2, 0) is 11.3 Å². The molecule has 0 amide bonds. The monoisotopic (exact) mass is 244 g/mol. The molecule has 0 aliphatic rings. The lowest BCUT2D eigenvalue weighted by atomic mass is 10.2. The van der Waals surface area contributed by atoms with Crippen molar-refractivity contribution >= 4 is 23.0 Å². The SMILES string of the molecule is COCc1cccc(Nc2ccc(N)c(N)n2)c1. The fraction of sp³-hybridized carbons (Fsp3) is 0.154. The number of nitrogens with two attached hydrogens (primary N) is 2. The van der Waals surface area contributed by atoms with Crippen LogP contribution in [0.4, 0.5) is 23.0 Å². The third-order valence-corrected chi connectivity index (χ3v) is 2.47. The van der Waals surface area contributed by atoms with E-state index in [1.165, 1.54) is 0 Å². The van der Waals surface area contributed by atoms with Gasteiger partial charge in [-0.25, -0.2) is 4.98 Å². The minimum absolute atomic E-state index is 0.327. The molecule has 0 atom stereocenters. The Balaban J connectivity index is 2.17. The molecule has 1 heterocycles. The average molecular weight is 244 g/mol. The van der Waals surface area contributed by atoms with Crippen LogP contribution >= 0.6 is 0 Å².